The fourth-order valence-electron chi connectivity index (χ4n) is 4.08. The molecule has 1 aliphatic carbocycles. The Morgan fingerprint density at radius 3 is 2.93 bits per heavy atom. The number of thiophene rings is 1. The van der Waals surface area contributed by atoms with Gasteiger partial charge in [-0.1, -0.05) is 24.6 Å². The number of Topliss-reactive ketones (excluding diaryl/α,β-unsaturated/α-hetero) is 1. The summed E-state index contributed by atoms with van der Waals surface area (Å²) in [5, 5.41) is 12.7. The van der Waals surface area contributed by atoms with Gasteiger partial charge < -0.3 is 5.73 Å². The van der Waals surface area contributed by atoms with Crippen molar-refractivity contribution in [3.8, 4) is 6.07 Å². The number of hydrogen-bond donors (Lipinski definition) is 1. The Morgan fingerprint density at radius 1 is 1.38 bits per heavy atom. The summed E-state index contributed by atoms with van der Waals surface area (Å²) in [5.41, 5.74) is 10.4. The zero-order valence-electron chi connectivity index (χ0n) is 15.9. The van der Waals surface area contributed by atoms with Crippen LogP contribution in [0, 0.1) is 11.3 Å². The van der Waals surface area contributed by atoms with Crippen molar-refractivity contribution in [2.24, 2.45) is 5.73 Å². The zero-order valence-corrected chi connectivity index (χ0v) is 18.3. The maximum absolute atomic E-state index is 13.1. The number of nitrogens with zero attached hydrogens (tertiary/aromatic N) is 2. The summed E-state index contributed by atoms with van der Waals surface area (Å²) in [6.45, 7) is 2.10. The highest BCUT2D eigenvalue weighted by atomic mass is 35.5. The number of nitrogens with two attached hydrogens (primary N) is 1. The van der Waals surface area contributed by atoms with Gasteiger partial charge in [0.1, 0.15) is 5.82 Å². The lowest BCUT2D eigenvalue weighted by molar-refractivity contribution is -0.116. The molecule has 1 atom stereocenters. The first kappa shape index (κ1) is 20.1. The Hall–Kier alpha value is -2.20. The SMILES string of the molecule is CCSc1sccc1[C@H]1C(C#N)=C(N)N(c2cccc(Cl)c2)C2=C1C(=O)CCC2. The average Bonchev–Trinajstić information content (AvgIpc) is 3.15. The number of benzene rings is 1. The maximum atomic E-state index is 13.1. The molecule has 0 fully saturated rings. The predicted molar refractivity (Wildman–Crippen MR) is 120 cm³/mol. The molecule has 1 aromatic carbocycles. The molecule has 7 heteroatoms. The smallest absolute Gasteiger partial charge is 0.161 e. The van der Waals surface area contributed by atoms with Gasteiger partial charge in [0.2, 0.25) is 0 Å². The van der Waals surface area contributed by atoms with Gasteiger partial charge in [-0.15, -0.1) is 23.1 Å². The van der Waals surface area contributed by atoms with Gasteiger partial charge in [-0.05, 0) is 53.8 Å². The summed E-state index contributed by atoms with van der Waals surface area (Å²) in [5.74, 6) is 1.00. The highest BCUT2D eigenvalue weighted by Gasteiger charge is 2.41. The first-order chi connectivity index (χ1) is 14.1. The van der Waals surface area contributed by atoms with Crippen molar-refractivity contribution in [3.63, 3.8) is 0 Å². The first-order valence-electron chi connectivity index (χ1n) is 9.48. The van der Waals surface area contributed by atoms with Crippen LogP contribution in [-0.2, 0) is 4.79 Å². The Morgan fingerprint density at radius 2 is 2.21 bits per heavy atom. The molecule has 2 aromatic rings. The van der Waals surface area contributed by atoms with Crippen LogP contribution in [0.25, 0.3) is 0 Å². The van der Waals surface area contributed by atoms with Gasteiger partial charge >= 0.3 is 0 Å². The molecule has 2 N–H and O–H groups in total. The van der Waals surface area contributed by atoms with Crippen LogP contribution in [0.1, 0.15) is 37.7 Å². The van der Waals surface area contributed by atoms with Crippen LogP contribution in [0.2, 0.25) is 5.02 Å². The number of nitriles is 1. The van der Waals surface area contributed by atoms with Crippen molar-refractivity contribution in [2.45, 2.75) is 36.3 Å². The molecule has 0 bridgehead atoms. The van der Waals surface area contributed by atoms with Gasteiger partial charge in [0.05, 0.1) is 21.8 Å². The predicted octanol–water partition coefficient (Wildman–Crippen LogP) is 5.82. The normalized spacial score (nSPS) is 19.4. The number of allylic oxidation sites excluding steroid dienone is 3. The van der Waals surface area contributed by atoms with Crippen LogP contribution in [-0.4, -0.2) is 11.5 Å². The molecule has 29 heavy (non-hydrogen) atoms. The van der Waals surface area contributed by atoms with Crippen LogP contribution in [0.4, 0.5) is 5.69 Å². The number of carbonyl (C=O) groups excluding carboxylic acids is 1. The quantitative estimate of drug-likeness (QED) is 0.605. The molecule has 1 aliphatic heterocycles. The van der Waals surface area contributed by atoms with E-state index in [4.69, 9.17) is 17.3 Å². The molecule has 0 spiro atoms. The van der Waals surface area contributed by atoms with Crippen LogP contribution in [0.15, 0.2) is 62.6 Å². The van der Waals surface area contributed by atoms with E-state index >= 15 is 0 Å². The summed E-state index contributed by atoms with van der Waals surface area (Å²) >= 11 is 9.60. The fourth-order valence-corrected chi connectivity index (χ4v) is 6.33. The molecule has 0 saturated carbocycles. The van der Waals surface area contributed by atoms with E-state index < -0.39 is 5.92 Å². The van der Waals surface area contributed by atoms with Crippen LogP contribution in [0.5, 0.6) is 0 Å². The average molecular weight is 442 g/mol. The first-order valence-corrected chi connectivity index (χ1v) is 11.7. The van der Waals surface area contributed by atoms with Gasteiger partial charge in [-0.3, -0.25) is 9.69 Å². The van der Waals surface area contributed by atoms with E-state index in [0.29, 0.717) is 28.4 Å². The summed E-state index contributed by atoms with van der Waals surface area (Å²) in [6.07, 6.45) is 2.01. The second kappa shape index (κ2) is 8.27. The van der Waals surface area contributed by atoms with Crippen molar-refractivity contribution in [2.75, 3.05) is 10.7 Å². The monoisotopic (exact) mass is 441 g/mol. The van der Waals surface area contributed by atoms with E-state index in [1.807, 2.05) is 34.5 Å². The number of rotatable bonds is 4. The lowest BCUT2D eigenvalue weighted by Crippen LogP contribution is -2.38. The van der Waals surface area contributed by atoms with Crippen molar-refractivity contribution < 1.29 is 4.79 Å². The molecule has 4 nitrogen and oxygen atoms in total. The standard InChI is InChI=1S/C22H20ClN3OS2/c1-2-28-22-15(9-10-29-22)19-16(12-24)21(25)26(14-6-3-5-13(23)11-14)17-7-4-8-18(27)20(17)19/h3,5-6,9-11,19H,2,4,7-8,25H2,1H3/t19-/m0/s1. The third-order valence-electron chi connectivity index (χ3n) is 5.22. The number of halogens is 1. The topological polar surface area (TPSA) is 70.1 Å². The molecule has 2 aliphatic rings. The highest BCUT2D eigenvalue weighted by Crippen LogP contribution is 2.49. The van der Waals surface area contributed by atoms with Gasteiger partial charge in [-0.25, -0.2) is 0 Å². The van der Waals surface area contributed by atoms with Crippen LogP contribution in [0.3, 0.4) is 0 Å². The number of ketones is 1. The second-order valence-corrected chi connectivity index (χ2v) is 9.78. The van der Waals surface area contributed by atoms with E-state index in [0.717, 1.165) is 39.8 Å². The lowest BCUT2D eigenvalue weighted by atomic mass is 9.76. The molecule has 148 valence electrons. The molecular weight excluding hydrogens is 422 g/mol. The highest BCUT2D eigenvalue weighted by molar-refractivity contribution is 8.01. The Balaban J connectivity index is 1.96. The van der Waals surface area contributed by atoms with E-state index in [-0.39, 0.29) is 5.78 Å². The third-order valence-corrected chi connectivity index (χ3v) is 7.61. The van der Waals surface area contributed by atoms with Gasteiger partial charge in [0.25, 0.3) is 0 Å². The number of carbonyl (C=O) groups is 1. The fraction of sp³-hybridized carbons (Fsp3) is 0.273. The van der Waals surface area contributed by atoms with E-state index in [9.17, 15) is 10.1 Å². The minimum Gasteiger partial charge on any atom is -0.384 e. The largest absolute Gasteiger partial charge is 0.384 e. The Labute approximate surface area is 183 Å². The van der Waals surface area contributed by atoms with Crippen molar-refractivity contribution in [1.82, 2.24) is 0 Å². The summed E-state index contributed by atoms with van der Waals surface area (Å²) in [7, 11) is 0. The molecule has 0 unspecified atom stereocenters. The van der Waals surface area contributed by atoms with Crippen molar-refractivity contribution in [3.05, 3.63) is 69.0 Å². The maximum Gasteiger partial charge on any atom is 0.161 e. The van der Waals surface area contributed by atoms with Crippen molar-refractivity contribution in [1.29, 1.82) is 5.26 Å². The van der Waals surface area contributed by atoms with Gasteiger partial charge in [0.15, 0.2) is 5.78 Å². The molecule has 0 radical (unpaired) electrons. The summed E-state index contributed by atoms with van der Waals surface area (Å²) < 4.78 is 1.14. The Kier molecular flexibility index (Phi) is 5.73. The minimum absolute atomic E-state index is 0.0992. The lowest BCUT2D eigenvalue weighted by Gasteiger charge is -2.39. The summed E-state index contributed by atoms with van der Waals surface area (Å²) in [6, 6.07) is 11.7. The van der Waals surface area contributed by atoms with Gasteiger partial charge in [-0.2, -0.15) is 5.26 Å². The van der Waals surface area contributed by atoms with Gasteiger partial charge in [0, 0.05) is 28.4 Å². The van der Waals surface area contributed by atoms with Crippen molar-refractivity contribution >= 4 is 46.2 Å². The third kappa shape index (κ3) is 3.48. The summed E-state index contributed by atoms with van der Waals surface area (Å²) in [4.78, 5) is 15.0. The molecule has 0 amide bonds. The van der Waals surface area contributed by atoms with E-state index in [2.05, 4.69) is 13.0 Å². The molecule has 2 heterocycles. The zero-order chi connectivity index (χ0) is 20.5. The number of anilines is 1. The molecule has 4 rings (SSSR count). The van der Waals surface area contributed by atoms with Crippen LogP contribution < -0.4 is 10.6 Å². The minimum atomic E-state index is -0.404. The molecule has 1 aromatic heterocycles. The van der Waals surface area contributed by atoms with Crippen LogP contribution >= 0.6 is 34.7 Å². The number of hydrogen-bond acceptors (Lipinski definition) is 6. The van der Waals surface area contributed by atoms with E-state index in [1.165, 1.54) is 0 Å². The Bertz CT molecular complexity index is 1080. The molecular formula is C22H20ClN3OS2. The number of thioether (sulfide) groups is 1. The second-order valence-electron chi connectivity index (χ2n) is 6.89. The van der Waals surface area contributed by atoms with E-state index in [1.54, 1.807) is 29.2 Å². The molecule has 0 saturated heterocycles.